The predicted octanol–water partition coefficient (Wildman–Crippen LogP) is 4.66. The maximum atomic E-state index is 12.3. The van der Waals surface area contributed by atoms with E-state index in [1.165, 1.54) is 13.3 Å². The summed E-state index contributed by atoms with van der Waals surface area (Å²) in [4.78, 5) is 12.3. The minimum absolute atomic E-state index is 0.140. The van der Waals surface area contributed by atoms with Gasteiger partial charge in [-0.25, -0.2) is 5.43 Å². The second-order valence-corrected chi connectivity index (χ2v) is 6.31. The topological polar surface area (TPSA) is 82.3 Å². The number of amides is 1. The molecule has 0 saturated carbocycles. The molecule has 0 bridgehead atoms. The van der Waals surface area contributed by atoms with Crippen molar-refractivity contribution in [3.63, 3.8) is 0 Å². The molecule has 0 radical (unpaired) electrons. The lowest BCUT2D eigenvalue weighted by Gasteiger charge is -2.10. The lowest BCUT2D eigenvalue weighted by molar-refractivity contribution is 0.0929. The second kappa shape index (κ2) is 9.34. The van der Waals surface area contributed by atoms with Crippen molar-refractivity contribution in [2.45, 2.75) is 13.8 Å². The van der Waals surface area contributed by atoms with Gasteiger partial charge in [-0.2, -0.15) is 5.10 Å². The minimum atomic E-state index is -0.482. The first-order chi connectivity index (χ1) is 14.0. The maximum absolute atomic E-state index is 12.3. The van der Waals surface area contributed by atoms with Gasteiger partial charge in [-0.3, -0.25) is 4.79 Å². The van der Waals surface area contributed by atoms with Crippen molar-refractivity contribution in [2.24, 2.45) is 5.10 Å². The lowest BCUT2D eigenvalue weighted by Crippen LogP contribution is -2.16. The van der Waals surface area contributed by atoms with E-state index >= 15 is 0 Å². The third-order valence-corrected chi connectivity index (χ3v) is 4.30. The Morgan fingerprint density at radius 2 is 1.93 bits per heavy atom. The summed E-state index contributed by atoms with van der Waals surface area (Å²) in [5.74, 6) is 1.43. The summed E-state index contributed by atoms with van der Waals surface area (Å²) >= 11 is 6.25. The number of hydrogen-bond donors (Lipinski definition) is 1. The first-order valence-corrected chi connectivity index (χ1v) is 9.43. The van der Waals surface area contributed by atoms with Crippen molar-refractivity contribution in [2.75, 3.05) is 20.3 Å². The molecule has 1 aromatic heterocycles. The number of hydrazone groups is 1. The maximum Gasteiger partial charge on any atom is 0.307 e. The molecule has 0 aliphatic carbocycles. The second-order valence-electron chi connectivity index (χ2n) is 5.90. The molecule has 152 valence electrons. The molecule has 2 aromatic carbocycles. The Morgan fingerprint density at radius 3 is 2.66 bits per heavy atom. The Hall–Kier alpha value is -3.19. The zero-order valence-corrected chi connectivity index (χ0v) is 17.1. The number of carbonyl (C=O) groups is 1. The molecule has 8 heteroatoms. The van der Waals surface area contributed by atoms with Gasteiger partial charge in [-0.1, -0.05) is 11.6 Å². The Balaban J connectivity index is 1.73. The summed E-state index contributed by atoms with van der Waals surface area (Å²) < 4.78 is 21.8. The Morgan fingerprint density at radius 1 is 1.14 bits per heavy atom. The van der Waals surface area contributed by atoms with E-state index in [2.05, 4.69) is 10.5 Å². The number of hydrogen-bond acceptors (Lipinski definition) is 6. The highest BCUT2D eigenvalue weighted by molar-refractivity contribution is 6.33. The molecule has 0 aliphatic heterocycles. The van der Waals surface area contributed by atoms with Crippen molar-refractivity contribution in [1.29, 1.82) is 0 Å². The van der Waals surface area contributed by atoms with Gasteiger partial charge in [0.15, 0.2) is 17.3 Å². The van der Waals surface area contributed by atoms with Crippen LogP contribution in [0.25, 0.3) is 11.0 Å². The third kappa shape index (κ3) is 4.81. The normalized spacial score (nSPS) is 11.0. The predicted molar refractivity (Wildman–Crippen MR) is 112 cm³/mol. The third-order valence-electron chi connectivity index (χ3n) is 3.98. The molecule has 0 atom stereocenters. The van der Waals surface area contributed by atoms with Crippen LogP contribution in [0.3, 0.4) is 0 Å². The van der Waals surface area contributed by atoms with E-state index in [4.69, 9.17) is 30.2 Å². The molecular formula is C21H21ClN2O5. The van der Waals surface area contributed by atoms with Gasteiger partial charge < -0.3 is 18.6 Å². The molecule has 3 aromatic rings. The Kier molecular flexibility index (Phi) is 6.61. The molecule has 7 nitrogen and oxygen atoms in total. The van der Waals surface area contributed by atoms with Gasteiger partial charge in [0.2, 0.25) is 0 Å². The number of benzene rings is 2. The zero-order valence-electron chi connectivity index (χ0n) is 16.3. The molecule has 1 N–H and O–H groups in total. The molecule has 0 spiro atoms. The Labute approximate surface area is 173 Å². The first-order valence-electron chi connectivity index (χ1n) is 9.05. The highest BCUT2D eigenvalue weighted by Crippen LogP contribution is 2.32. The molecule has 0 aliphatic rings. The number of nitrogens with zero attached hydrogens (tertiary/aromatic N) is 1. The van der Waals surface area contributed by atoms with Gasteiger partial charge in [0, 0.05) is 17.0 Å². The largest absolute Gasteiger partial charge is 0.494 e. The van der Waals surface area contributed by atoms with E-state index in [0.29, 0.717) is 46.6 Å². The lowest BCUT2D eigenvalue weighted by atomic mass is 10.2. The number of fused-ring (bicyclic) bond motifs is 1. The van der Waals surface area contributed by atoms with Gasteiger partial charge in [0.1, 0.15) is 11.3 Å². The van der Waals surface area contributed by atoms with E-state index in [-0.39, 0.29) is 5.76 Å². The number of carbonyl (C=O) groups excluding carboxylic acids is 1. The standard InChI is InChI=1S/C21H21ClN2O5/c1-4-27-15-6-7-17-13(8-15)9-20(29-17)21(25)24-23-12-14-10-18(26-3)19(28-5-2)11-16(14)22/h6-12H,4-5H2,1-3H3,(H,24,25)/b23-12+. The SMILES string of the molecule is CCOc1ccc2oc(C(=O)N/N=C/c3cc(OC)c(OCC)cc3Cl)cc2c1. The molecule has 0 fully saturated rings. The average molecular weight is 417 g/mol. The monoisotopic (exact) mass is 416 g/mol. The fourth-order valence-electron chi connectivity index (χ4n) is 2.68. The summed E-state index contributed by atoms with van der Waals surface area (Å²) in [6.45, 7) is 4.82. The van der Waals surface area contributed by atoms with Crippen molar-refractivity contribution in [1.82, 2.24) is 5.43 Å². The summed E-state index contributed by atoms with van der Waals surface area (Å²) in [5, 5.41) is 5.14. The van der Waals surface area contributed by atoms with E-state index in [9.17, 15) is 4.79 Å². The number of methoxy groups -OCH3 is 1. The van der Waals surface area contributed by atoms with Crippen LogP contribution in [-0.2, 0) is 0 Å². The molecule has 1 heterocycles. The molecule has 0 saturated heterocycles. The molecule has 29 heavy (non-hydrogen) atoms. The molecule has 0 unspecified atom stereocenters. The number of furan rings is 1. The van der Waals surface area contributed by atoms with Crippen LogP contribution in [0, 0.1) is 0 Å². The van der Waals surface area contributed by atoms with Gasteiger partial charge in [0.05, 0.1) is 31.6 Å². The van der Waals surface area contributed by atoms with Crippen LogP contribution in [0.4, 0.5) is 0 Å². The number of nitrogens with one attached hydrogen (secondary N) is 1. The Bertz CT molecular complexity index is 1040. The van der Waals surface area contributed by atoms with E-state index in [1.54, 1.807) is 30.3 Å². The van der Waals surface area contributed by atoms with Crippen molar-refractivity contribution >= 4 is 34.7 Å². The van der Waals surface area contributed by atoms with Crippen LogP contribution in [0.5, 0.6) is 17.2 Å². The van der Waals surface area contributed by atoms with Gasteiger partial charge in [-0.05, 0) is 44.2 Å². The highest BCUT2D eigenvalue weighted by Gasteiger charge is 2.13. The minimum Gasteiger partial charge on any atom is -0.494 e. The average Bonchev–Trinajstić information content (AvgIpc) is 3.13. The van der Waals surface area contributed by atoms with Crippen molar-refractivity contribution in [3.8, 4) is 17.2 Å². The number of ether oxygens (including phenoxy) is 3. The van der Waals surface area contributed by atoms with Crippen LogP contribution in [0.15, 0.2) is 45.9 Å². The zero-order chi connectivity index (χ0) is 20.8. The van der Waals surface area contributed by atoms with Gasteiger partial charge >= 0.3 is 5.91 Å². The summed E-state index contributed by atoms with van der Waals surface area (Å²) in [7, 11) is 1.53. The van der Waals surface area contributed by atoms with Crippen LogP contribution in [0.1, 0.15) is 30.0 Å². The number of rotatable bonds is 8. The van der Waals surface area contributed by atoms with E-state index < -0.39 is 5.91 Å². The van der Waals surface area contributed by atoms with E-state index in [0.717, 1.165) is 5.39 Å². The summed E-state index contributed by atoms with van der Waals surface area (Å²) in [6, 6.07) is 10.3. The molecule has 3 rings (SSSR count). The highest BCUT2D eigenvalue weighted by atomic mass is 35.5. The van der Waals surface area contributed by atoms with Gasteiger partial charge in [0.25, 0.3) is 0 Å². The number of halogens is 1. The van der Waals surface area contributed by atoms with Crippen LogP contribution in [-0.4, -0.2) is 32.4 Å². The van der Waals surface area contributed by atoms with Crippen LogP contribution in [0.2, 0.25) is 5.02 Å². The summed E-state index contributed by atoms with van der Waals surface area (Å²) in [5.41, 5.74) is 3.58. The fourth-order valence-corrected chi connectivity index (χ4v) is 2.89. The van der Waals surface area contributed by atoms with Crippen LogP contribution >= 0.6 is 11.6 Å². The molecular weight excluding hydrogens is 396 g/mol. The molecule has 1 amide bonds. The van der Waals surface area contributed by atoms with Crippen LogP contribution < -0.4 is 19.6 Å². The van der Waals surface area contributed by atoms with Crippen molar-refractivity contribution in [3.05, 3.63) is 52.7 Å². The first kappa shape index (κ1) is 20.5. The van der Waals surface area contributed by atoms with Crippen molar-refractivity contribution < 1.29 is 23.4 Å². The summed E-state index contributed by atoms with van der Waals surface area (Å²) in [6.07, 6.45) is 1.42. The van der Waals surface area contributed by atoms with Gasteiger partial charge in [-0.15, -0.1) is 0 Å². The smallest absolute Gasteiger partial charge is 0.307 e. The van der Waals surface area contributed by atoms with E-state index in [1.807, 2.05) is 19.9 Å². The quantitative estimate of drug-likeness (QED) is 0.426. The fraction of sp³-hybridized carbons (Fsp3) is 0.238.